The molecule has 0 saturated heterocycles. The van der Waals surface area contributed by atoms with Crippen LogP contribution in [0.3, 0.4) is 0 Å². The topological polar surface area (TPSA) is 52.9 Å². The molecule has 3 heterocycles. The molecule has 6 heteroatoms. The van der Waals surface area contributed by atoms with Gasteiger partial charge in [-0.05, 0) is 72.6 Å². The zero-order valence-electron chi connectivity index (χ0n) is 32.1. The van der Waals surface area contributed by atoms with Gasteiger partial charge >= 0.3 is 0 Å². The molecule has 0 saturated carbocycles. The van der Waals surface area contributed by atoms with Crippen LogP contribution in [0.2, 0.25) is 0 Å². The molecule has 3 aromatic heterocycles. The molecule has 8 aromatic carbocycles. The Hall–Kier alpha value is -8.14. The molecule has 0 aliphatic heterocycles. The van der Waals surface area contributed by atoms with Crippen molar-refractivity contribution in [1.82, 2.24) is 24.1 Å². The molecular weight excluding hydrogens is 721 g/mol. The number of rotatable bonds is 6. The van der Waals surface area contributed by atoms with Crippen LogP contribution in [0.5, 0.6) is 0 Å². The molecule has 6 nitrogen and oxygen atoms in total. The van der Waals surface area contributed by atoms with E-state index in [2.05, 4.69) is 136 Å². The summed E-state index contributed by atoms with van der Waals surface area (Å²) in [7, 11) is 0. The van der Waals surface area contributed by atoms with E-state index in [-0.39, 0.29) is 0 Å². The van der Waals surface area contributed by atoms with E-state index < -0.39 is 0 Å². The fraction of sp³-hybridized carbons (Fsp3) is 0.0189. The minimum Gasteiger partial charge on any atom is -0.310 e. The van der Waals surface area contributed by atoms with Gasteiger partial charge in [-0.2, -0.15) is 0 Å². The van der Waals surface area contributed by atoms with Crippen molar-refractivity contribution in [3.05, 3.63) is 205 Å². The van der Waals surface area contributed by atoms with Crippen LogP contribution in [-0.2, 0) is 0 Å². The maximum atomic E-state index is 8.39. The van der Waals surface area contributed by atoms with Crippen LogP contribution in [0.1, 0.15) is 5.56 Å². The fourth-order valence-corrected chi connectivity index (χ4v) is 8.62. The van der Waals surface area contributed by atoms with Crippen molar-refractivity contribution in [1.29, 1.82) is 0 Å². The lowest BCUT2D eigenvalue weighted by atomic mass is 9.98. The highest BCUT2D eigenvalue weighted by Gasteiger charge is 2.21. The average Bonchev–Trinajstić information content (AvgIpc) is 3.81. The van der Waals surface area contributed by atoms with Gasteiger partial charge in [0.2, 0.25) is 0 Å². The van der Waals surface area contributed by atoms with E-state index in [4.69, 9.17) is 21.5 Å². The van der Waals surface area contributed by atoms with E-state index in [9.17, 15) is 0 Å². The predicted octanol–water partition coefficient (Wildman–Crippen LogP) is 13.6. The Morgan fingerprint density at radius 2 is 0.847 bits per heavy atom. The first-order chi connectivity index (χ1) is 29.1. The molecule has 0 aliphatic rings. The molecule has 0 aliphatic carbocycles. The van der Waals surface area contributed by atoms with Crippen LogP contribution in [0, 0.1) is 13.5 Å². The second-order valence-electron chi connectivity index (χ2n) is 14.8. The van der Waals surface area contributed by atoms with Crippen molar-refractivity contribution in [2.45, 2.75) is 6.92 Å². The summed E-state index contributed by atoms with van der Waals surface area (Å²) in [6.45, 7) is 10.5. The number of aromatic nitrogens is 5. The van der Waals surface area contributed by atoms with Gasteiger partial charge in [0.05, 0.1) is 28.6 Å². The number of hydrogen-bond acceptors (Lipinski definition) is 3. The SMILES string of the molecule is [C-]#[N+]c1cccc(-n2c3ccccc3c3ccccc32)c1-c1ccc2c(c1)c1cc(-c3nc(-c4ccccc4)nc(-c4ccccc4)n3)ccc1n2-c1ccccc1C. The number of nitrogens with zero attached hydrogens (tertiary/aromatic N) is 6. The van der Waals surface area contributed by atoms with Gasteiger partial charge in [0.1, 0.15) is 0 Å². The van der Waals surface area contributed by atoms with Gasteiger partial charge in [-0.15, -0.1) is 0 Å². The highest BCUT2D eigenvalue weighted by molar-refractivity contribution is 6.13. The van der Waals surface area contributed by atoms with Crippen LogP contribution in [0.4, 0.5) is 5.69 Å². The molecule has 0 bridgehead atoms. The van der Waals surface area contributed by atoms with Crippen LogP contribution in [-0.4, -0.2) is 24.1 Å². The Morgan fingerprint density at radius 1 is 0.390 bits per heavy atom. The van der Waals surface area contributed by atoms with Crippen LogP contribution < -0.4 is 0 Å². The number of hydrogen-bond donors (Lipinski definition) is 0. The van der Waals surface area contributed by atoms with Gasteiger partial charge in [-0.25, -0.2) is 19.8 Å². The lowest BCUT2D eigenvalue weighted by Crippen LogP contribution is -2.00. The van der Waals surface area contributed by atoms with Gasteiger partial charge in [0.25, 0.3) is 0 Å². The number of aryl methyl sites for hydroxylation is 1. The summed E-state index contributed by atoms with van der Waals surface area (Å²) in [4.78, 5) is 19.2. The largest absolute Gasteiger partial charge is 0.310 e. The van der Waals surface area contributed by atoms with Crippen LogP contribution in [0.15, 0.2) is 188 Å². The predicted molar refractivity (Wildman–Crippen MR) is 241 cm³/mol. The molecule has 0 radical (unpaired) electrons. The first-order valence-electron chi connectivity index (χ1n) is 19.7. The second-order valence-corrected chi connectivity index (χ2v) is 14.8. The molecule has 11 rings (SSSR count). The molecule has 0 unspecified atom stereocenters. The zero-order valence-corrected chi connectivity index (χ0v) is 32.1. The Kier molecular flexibility index (Phi) is 7.99. The lowest BCUT2D eigenvalue weighted by Gasteiger charge is -2.16. The first-order valence-corrected chi connectivity index (χ1v) is 19.7. The molecule has 0 fully saturated rings. The Morgan fingerprint density at radius 3 is 1.44 bits per heavy atom. The van der Waals surface area contributed by atoms with Crippen LogP contribution >= 0.6 is 0 Å². The highest BCUT2D eigenvalue weighted by Crippen LogP contribution is 2.43. The second kappa shape index (κ2) is 13.8. The molecule has 59 heavy (non-hydrogen) atoms. The normalized spacial score (nSPS) is 11.5. The maximum Gasteiger partial charge on any atom is 0.196 e. The van der Waals surface area contributed by atoms with E-state index in [1.54, 1.807) is 0 Å². The van der Waals surface area contributed by atoms with Gasteiger partial charge in [-0.3, -0.25) is 0 Å². The standard InChI is InChI=1S/C53H34N6/c1-34-16-9-12-24-44(34)58-47-30-28-37(50-43(54-2)23-15-27-49(50)59-45-25-13-10-21-39(45)40-22-11-14-26-46(40)59)32-41(47)42-33-38(29-31-48(42)58)53-56-51(35-17-5-3-6-18-35)55-52(57-53)36-19-7-4-8-20-36/h3-33H,1H3. The van der Waals surface area contributed by atoms with Crippen molar-refractivity contribution in [3.8, 4) is 56.7 Å². The molecule has 0 spiro atoms. The monoisotopic (exact) mass is 754 g/mol. The van der Waals surface area contributed by atoms with Crippen molar-refractivity contribution in [2.24, 2.45) is 0 Å². The summed E-state index contributed by atoms with van der Waals surface area (Å²) in [5.41, 5.74) is 12.8. The number of fused-ring (bicyclic) bond motifs is 6. The summed E-state index contributed by atoms with van der Waals surface area (Å²) in [5, 5.41) is 4.48. The molecule has 11 aromatic rings. The number of benzene rings is 8. The quantitative estimate of drug-likeness (QED) is 0.159. The smallest absolute Gasteiger partial charge is 0.196 e. The van der Waals surface area contributed by atoms with Gasteiger partial charge < -0.3 is 9.13 Å². The third-order valence-electron chi connectivity index (χ3n) is 11.3. The van der Waals surface area contributed by atoms with Crippen molar-refractivity contribution < 1.29 is 0 Å². The fourth-order valence-electron chi connectivity index (χ4n) is 8.62. The summed E-state index contributed by atoms with van der Waals surface area (Å²) < 4.78 is 4.66. The van der Waals surface area contributed by atoms with Gasteiger partial charge in [0, 0.05) is 55.2 Å². The van der Waals surface area contributed by atoms with E-state index in [0.29, 0.717) is 23.2 Å². The summed E-state index contributed by atoms with van der Waals surface area (Å²) in [6, 6.07) is 64.8. The van der Waals surface area contributed by atoms with Crippen LogP contribution in [0.25, 0.3) is 105 Å². The lowest BCUT2D eigenvalue weighted by molar-refractivity contribution is 1.07. The minimum absolute atomic E-state index is 0.596. The summed E-state index contributed by atoms with van der Waals surface area (Å²) in [5.74, 6) is 1.83. The molecule has 276 valence electrons. The van der Waals surface area contributed by atoms with Gasteiger partial charge in [0.15, 0.2) is 23.2 Å². The van der Waals surface area contributed by atoms with E-state index in [1.165, 1.54) is 16.3 Å². The molecular formula is C53H34N6. The van der Waals surface area contributed by atoms with Crippen molar-refractivity contribution in [2.75, 3.05) is 0 Å². The zero-order chi connectivity index (χ0) is 39.5. The van der Waals surface area contributed by atoms with Crippen molar-refractivity contribution >= 4 is 49.3 Å². The van der Waals surface area contributed by atoms with Gasteiger partial charge in [-0.1, -0.05) is 133 Å². The summed E-state index contributed by atoms with van der Waals surface area (Å²) >= 11 is 0. The van der Waals surface area contributed by atoms with E-state index >= 15 is 0 Å². The van der Waals surface area contributed by atoms with Crippen molar-refractivity contribution in [3.63, 3.8) is 0 Å². The van der Waals surface area contributed by atoms with E-state index in [0.717, 1.165) is 72.0 Å². The summed E-state index contributed by atoms with van der Waals surface area (Å²) in [6.07, 6.45) is 0. The third kappa shape index (κ3) is 5.60. The maximum absolute atomic E-state index is 8.39. The molecule has 0 amide bonds. The highest BCUT2D eigenvalue weighted by atomic mass is 15.0. The number of para-hydroxylation sites is 3. The molecule has 0 atom stereocenters. The first kappa shape index (κ1) is 34.1. The average molecular weight is 755 g/mol. The Balaban J connectivity index is 1.18. The molecule has 0 N–H and O–H groups in total. The third-order valence-corrected chi connectivity index (χ3v) is 11.3. The van der Waals surface area contributed by atoms with E-state index in [1.807, 2.05) is 72.8 Å². The minimum atomic E-state index is 0.596. The Labute approximate surface area is 340 Å². The Bertz CT molecular complexity index is 3350.